The van der Waals surface area contributed by atoms with Gasteiger partial charge in [-0.15, -0.1) is 0 Å². The molecule has 1 aromatic rings. The van der Waals surface area contributed by atoms with Gasteiger partial charge in [0.25, 0.3) is 0 Å². The van der Waals surface area contributed by atoms with E-state index in [4.69, 9.17) is 0 Å². The minimum Gasteiger partial charge on any atom is -0.314 e. The van der Waals surface area contributed by atoms with Crippen LogP contribution < -0.4 is 5.32 Å². The first kappa shape index (κ1) is 14.4. The van der Waals surface area contributed by atoms with Crippen molar-refractivity contribution in [3.8, 4) is 0 Å². The molecule has 1 saturated carbocycles. The van der Waals surface area contributed by atoms with Gasteiger partial charge in [-0.3, -0.25) is 0 Å². The maximum atomic E-state index is 14.1. The summed E-state index contributed by atoms with van der Waals surface area (Å²) in [6, 6.07) is 4.34. The van der Waals surface area contributed by atoms with E-state index in [9.17, 15) is 8.78 Å². The third-order valence-electron chi connectivity index (χ3n) is 3.99. The van der Waals surface area contributed by atoms with E-state index in [-0.39, 0.29) is 10.8 Å². The summed E-state index contributed by atoms with van der Waals surface area (Å²) in [6.07, 6.45) is 1.87. The Morgan fingerprint density at radius 3 is 2.32 bits per heavy atom. The minimum atomic E-state index is -0.508. The highest BCUT2D eigenvalue weighted by molar-refractivity contribution is 5.32. The fourth-order valence-corrected chi connectivity index (χ4v) is 3.51. The van der Waals surface area contributed by atoms with E-state index < -0.39 is 11.6 Å². The van der Waals surface area contributed by atoms with Crippen LogP contribution in [0, 0.1) is 17.0 Å². The van der Waals surface area contributed by atoms with Gasteiger partial charge in [0.1, 0.15) is 11.6 Å². The van der Waals surface area contributed by atoms with E-state index >= 15 is 0 Å². The van der Waals surface area contributed by atoms with Crippen molar-refractivity contribution in [1.29, 1.82) is 0 Å². The lowest BCUT2D eigenvalue weighted by atomic mass is 9.51. The molecule has 2 rings (SSSR count). The summed E-state index contributed by atoms with van der Waals surface area (Å²) >= 11 is 0. The molecule has 3 heteroatoms. The molecule has 1 fully saturated rings. The molecule has 0 heterocycles. The predicted octanol–water partition coefficient (Wildman–Crippen LogP) is 4.02. The van der Waals surface area contributed by atoms with Crippen LogP contribution in [0.25, 0.3) is 0 Å². The average molecular weight is 267 g/mol. The number of rotatable bonds is 4. The van der Waals surface area contributed by atoms with Crippen molar-refractivity contribution in [2.45, 2.75) is 52.0 Å². The smallest absolute Gasteiger partial charge is 0.129 e. The molecule has 1 aliphatic rings. The minimum absolute atomic E-state index is 0.189. The Kier molecular flexibility index (Phi) is 3.69. The zero-order chi connectivity index (χ0) is 14.3. The van der Waals surface area contributed by atoms with Gasteiger partial charge in [-0.05, 0) is 29.9 Å². The second-order valence-corrected chi connectivity index (χ2v) is 6.96. The summed E-state index contributed by atoms with van der Waals surface area (Å²) in [4.78, 5) is 0. The average Bonchev–Trinajstić information content (AvgIpc) is 2.23. The summed E-state index contributed by atoms with van der Waals surface area (Å²) in [5, 5.41) is 3.41. The quantitative estimate of drug-likeness (QED) is 0.868. The topological polar surface area (TPSA) is 12.0 Å². The van der Waals surface area contributed by atoms with Crippen LogP contribution in [0.15, 0.2) is 18.2 Å². The summed E-state index contributed by atoms with van der Waals surface area (Å²) in [6.45, 7) is 9.30. The van der Waals surface area contributed by atoms with Gasteiger partial charge in [-0.1, -0.05) is 33.8 Å². The van der Waals surface area contributed by atoms with Crippen molar-refractivity contribution < 1.29 is 8.78 Å². The Morgan fingerprint density at radius 1 is 1.21 bits per heavy atom. The standard InChI is InChI=1S/C16H23F2N/c1-11(2)19-10-16(8-15(3,4)9-16)13-6-5-12(17)7-14(13)18/h5-7,11,19H,8-10H2,1-4H3. The van der Waals surface area contributed by atoms with Gasteiger partial charge in [-0.25, -0.2) is 8.78 Å². The second kappa shape index (κ2) is 4.86. The molecule has 0 atom stereocenters. The Bertz CT molecular complexity index is 458. The highest BCUT2D eigenvalue weighted by Gasteiger charge is 2.50. The van der Waals surface area contributed by atoms with E-state index in [0.717, 1.165) is 25.5 Å². The number of nitrogens with one attached hydrogen (secondary N) is 1. The van der Waals surface area contributed by atoms with Gasteiger partial charge in [0, 0.05) is 24.1 Å². The molecule has 0 unspecified atom stereocenters. The Morgan fingerprint density at radius 2 is 1.84 bits per heavy atom. The highest BCUT2D eigenvalue weighted by Crippen LogP contribution is 2.55. The summed E-state index contributed by atoms with van der Waals surface area (Å²) in [5.41, 5.74) is 0.701. The van der Waals surface area contributed by atoms with E-state index in [1.165, 1.54) is 6.07 Å². The van der Waals surface area contributed by atoms with Gasteiger partial charge < -0.3 is 5.32 Å². The van der Waals surface area contributed by atoms with Gasteiger partial charge in [0.2, 0.25) is 0 Å². The van der Waals surface area contributed by atoms with E-state index in [1.807, 2.05) is 0 Å². The monoisotopic (exact) mass is 267 g/mol. The fraction of sp³-hybridized carbons (Fsp3) is 0.625. The zero-order valence-electron chi connectivity index (χ0n) is 12.2. The maximum absolute atomic E-state index is 14.1. The number of hydrogen-bond donors (Lipinski definition) is 1. The van der Waals surface area contributed by atoms with E-state index in [1.54, 1.807) is 6.07 Å². The van der Waals surface area contributed by atoms with Crippen LogP contribution in [-0.4, -0.2) is 12.6 Å². The van der Waals surface area contributed by atoms with Crippen LogP contribution in [0.1, 0.15) is 46.1 Å². The summed E-state index contributed by atoms with van der Waals surface area (Å²) in [5.74, 6) is -0.923. The Labute approximate surface area is 114 Å². The molecule has 0 aromatic heterocycles. The molecule has 0 bridgehead atoms. The Balaban J connectivity index is 2.28. The van der Waals surface area contributed by atoms with Crippen LogP contribution in [0.2, 0.25) is 0 Å². The first-order valence-corrected chi connectivity index (χ1v) is 6.93. The molecule has 0 aliphatic heterocycles. The van der Waals surface area contributed by atoms with Crippen molar-refractivity contribution in [2.75, 3.05) is 6.54 Å². The number of hydrogen-bond acceptors (Lipinski definition) is 1. The summed E-state index contributed by atoms with van der Waals surface area (Å²) < 4.78 is 27.1. The molecule has 0 spiro atoms. The lowest BCUT2D eigenvalue weighted by Gasteiger charge is -2.54. The number of benzene rings is 1. The van der Waals surface area contributed by atoms with Crippen LogP contribution in [0.3, 0.4) is 0 Å². The van der Waals surface area contributed by atoms with Crippen molar-refractivity contribution >= 4 is 0 Å². The molecule has 0 radical (unpaired) electrons. The van der Waals surface area contributed by atoms with Crippen molar-refractivity contribution in [1.82, 2.24) is 5.32 Å². The van der Waals surface area contributed by atoms with Gasteiger partial charge in [0.15, 0.2) is 0 Å². The third kappa shape index (κ3) is 2.97. The molecule has 106 valence electrons. The fourth-order valence-electron chi connectivity index (χ4n) is 3.51. The number of halogens is 2. The van der Waals surface area contributed by atoms with Crippen LogP contribution in [0.5, 0.6) is 0 Å². The summed E-state index contributed by atoms with van der Waals surface area (Å²) in [7, 11) is 0. The molecular weight excluding hydrogens is 244 g/mol. The van der Waals surface area contributed by atoms with Crippen LogP contribution >= 0.6 is 0 Å². The molecule has 19 heavy (non-hydrogen) atoms. The normalized spacial score (nSPS) is 20.4. The molecule has 1 aromatic carbocycles. The molecule has 1 aliphatic carbocycles. The van der Waals surface area contributed by atoms with E-state index in [2.05, 4.69) is 33.0 Å². The molecular formula is C16H23F2N. The van der Waals surface area contributed by atoms with Crippen LogP contribution in [-0.2, 0) is 5.41 Å². The second-order valence-electron chi connectivity index (χ2n) is 6.96. The maximum Gasteiger partial charge on any atom is 0.129 e. The van der Waals surface area contributed by atoms with Gasteiger partial charge in [-0.2, -0.15) is 0 Å². The SMILES string of the molecule is CC(C)NCC1(c2ccc(F)cc2F)CC(C)(C)C1. The van der Waals surface area contributed by atoms with Crippen molar-refractivity contribution in [3.63, 3.8) is 0 Å². The largest absolute Gasteiger partial charge is 0.314 e. The first-order chi connectivity index (χ1) is 8.74. The van der Waals surface area contributed by atoms with Crippen LogP contribution in [0.4, 0.5) is 8.78 Å². The predicted molar refractivity (Wildman–Crippen MR) is 74.2 cm³/mol. The molecule has 1 N–H and O–H groups in total. The molecule has 0 saturated heterocycles. The van der Waals surface area contributed by atoms with Crippen molar-refractivity contribution in [2.24, 2.45) is 5.41 Å². The molecule has 1 nitrogen and oxygen atoms in total. The van der Waals surface area contributed by atoms with Crippen molar-refractivity contribution in [3.05, 3.63) is 35.4 Å². The molecule has 0 amide bonds. The highest BCUT2D eigenvalue weighted by atomic mass is 19.1. The van der Waals surface area contributed by atoms with E-state index in [0.29, 0.717) is 11.6 Å². The lowest BCUT2D eigenvalue weighted by Crippen LogP contribution is -2.53. The Hall–Kier alpha value is -0.960. The lowest BCUT2D eigenvalue weighted by molar-refractivity contribution is 0.0520. The zero-order valence-corrected chi connectivity index (χ0v) is 12.2. The van der Waals surface area contributed by atoms with Gasteiger partial charge >= 0.3 is 0 Å². The first-order valence-electron chi connectivity index (χ1n) is 6.93. The van der Waals surface area contributed by atoms with Gasteiger partial charge in [0.05, 0.1) is 0 Å². The third-order valence-corrected chi connectivity index (χ3v) is 3.99.